The first kappa shape index (κ1) is 16.0. The maximum absolute atomic E-state index is 11.9. The third-order valence-corrected chi connectivity index (χ3v) is 5.46. The van der Waals surface area contributed by atoms with Crippen LogP contribution in [0, 0.1) is 5.92 Å². The van der Waals surface area contributed by atoms with E-state index >= 15 is 0 Å². The van der Waals surface area contributed by atoms with Gasteiger partial charge in [0.25, 0.3) is 0 Å². The lowest BCUT2D eigenvalue weighted by molar-refractivity contribution is 0.555. The number of sulfonamides is 1. The minimum atomic E-state index is -3.31. The summed E-state index contributed by atoms with van der Waals surface area (Å²) >= 11 is 9.05. The Kier molecular flexibility index (Phi) is 6.11. The van der Waals surface area contributed by atoms with Gasteiger partial charge in [-0.15, -0.1) is 11.6 Å². The molecule has 1 aromatic carbocycles. The zero-order valence-electron chi connectivity index (χ0n) is 10.4. The molecule has 1 unspecified atom stereocenters. The van der Waals surface area contributed by atoms with Gasteiger partial charge in [-0.2, -0.15) is 0 Å². The predicted octanol–water partition coefficient (Wildman–Crippen LogP) is 3.30. The van der Waals surface area contributed by atoms with Crippen LogP contribution in [0.25, 0.3) is 0 Å². The van der Waals surface area contributed by atoms with Gasteiger partial charge < -0.3 is 0 Å². The van der Waals surface area contributed by atoms with E-state index in [9.17, 15) is 8.42 Å². The molecule has 102 valence electrons. The standard InChI is InChI=1S/C12H17BrClNO2S/c1-9(7-14)8-18(16,17)15-10(2)11-5-3-4-6-12(11)13/h3-6,9-10,15H,7-8H2,1-2H3/t9?,10-/m1/s1. The third-order valence-electron chi connectivity index (χ3n) is 2.50. The lowest BCUT2D eigenvalue weighted by atomic mass is 10.1. The molecule has 1 aromatic rings. The summed E-state index contributed by atoms with van der Waals surface area (Å²) in [5, 5.41) is 0. The molecule has 18 heavy (non-hydrogen) atoms. The van der Waals surface area contributed by atoms with E-state index in [1.165, 1.54) is 0 Å². The van der Waals surface area contributed by atoms with Crippen molar-refractivity contribution in [3.8, 4) is 0 Å². The molecule has 0 aliphatic rings. The number of rotatable bonds is 6. The second-order valence-electron chi connectivity index (χ2n) is 4.40. The number of hydrogen-bond acceptors (Lipinski definition) is 2. The molecule has 0 heterocycles. The van der Waals surface area contributed by atoms with Gasteiger partial charge in [-0.3, -0.25) is 0 Å². The van der Waals surface area contributed by atoms with Crippen LogP contribution in [0.1, 0.15) is 25.5 Å². The van der Waals surface area contributed by atoms with E-state index in [1.807, 2.05) is 38.1 Å². The molecule has 0 aliphatic carbocycles. The quantitative estimate of drug-likeness (QED) is 0.797. The van der Waals surface area contributed by atoms with Crippen LogP contribution in [-0.4, -0.2) is 20.1 Å². The molecule has 0 saturated carbocycles. The molecule has 0 fully saturated rings. The van der Waals surface area contributed by atoms with E-state index in [0.717, 1.165) is 10.0 Å². The number of alkyl halides is 1. The van der Waals surface area contributed by atoms with E-state index in [0.29, 0.717) is 5.88 Å². The zero-order valence-corrected chi connectivity index (χ0v) is 13.5. The first-order valence-electron chi connectivity index (χ1n) is 5.66. The molecular formula is C12H17BrClNO2S. The molecule has 0 bridgehead atoms. The fourth-order valence-corrected chi connectivity index (χ4v) is 4.12. The van der Waals surface area contributed by atoms with E-state index < -0.39 is 10.0 Å². The van der Waals surface area contributed by atoms with E-state index in [4.69, 9.17) is 11.6 Å². The maximum Gasteiger partial charge on any atom is 0.212 e. The molecule has 0 aliphatic heterocycles. The van der Waals surface area contributed by atoms with Gasteiger partial charge in [-0.05, 0) is 24.5 Å². The van der Waals surface area contributed by atoms with Crippen molar-refractivity contribution < 1.29 is 8.42 Å². The lowest BCUT2D eigenvalue weighted by Gasteiger charge is -2.17. The summed E-state index contributed by atoms with van der Waals surface area (Å²) in [6.45, 7) is 3.64. The molecule has 3 nitrogen and oxygen atoms in total. The van der Waals surface area contributed by atoms with Crippen molar-refractivity contribution in [2.75, 3.05) is 11.6 Å². The Labute approximate surface area is 122 Å². The van der Waals surface area contributed by atoms with Crippen molar-refractivity contribution in [1.82, 2.24) is 4.72 Å². The van der Waals surface area contributed by atoms with Crippen LogP contribution in [0.4, 0.5) is 0 Å². The molecule has 0 radical (unpaired) electrons. The highest BCUT2D eigenvalue weighted by molar-refractivity contribution is 9.10. The Morgan fingerprint density at radius 3 is 2.50 bits per heavy atom. The van der Waals surface area contributed by atoms with Crippen LogP contribution >= 0.6 is 27.5 Å². The summed E-state index contributed by atoms with van der Waals surface area (Å²) in [5.74, 6) is 0.325. The second kappa shape index (κ2) is 6.89. The first-order chi connectivity index (χ1) is 8.35. The van der Waals surface area contributed by atoms with E-state index in [1.54, 1.807) is 0 Å². The highest BCUT2D eigenvalue weighted by atomic mass is 79.9. The Balaban J connectivity index is 2.76. The molecule has 6 heteroatoms. The highest BCUT2D eigenvalue weighted by Crippen LogP contribution is 2.23. The molecule has 0 aromatic heterocycles. The van der Waals surface area contributed by atoms with Gasteiger partial charge in [0.2, 0.25) is 10.0 Å². The Hall–Kier alpha value is -0.100. The molecule has 0 spiro atoms. The van der Waals surface area contributed by atoms with Gasteiger partial charge in [0.15, 0.2) is 0 Å². The van der Waals surface area contributed by atoms with E-state index in [2.05, 4.69) is 20.7 Å². The molecule has 0 saturated heterocycles. The summed E-state index contributed by atoms with van der Waals surface area (Å²) in [6, 6.07) is 7.29. The maximum atomic E-state index is 11.9. The van der Waals surface area contributed by atoms with Gasteiger partial charge in [0.1, 0.15) is 0 Å². The van der Waals surface area contributed by atoms with Gasteiger partial charge in [0.05, 0.1) is 5.75 Å². The van der Waals surface area contributed by atoms with Crippen LogP contribution < -0.4 is 4.72 Å². The fraction of sp³-hybridized carbons (Fsp3) is 0.500. The van der Waals surface area contributed by atoms with Crippen LogP contribution in [0.5, 0.6) is 0 Å². The van der Waals surface area contributed by atoms with Crippen molar-refractivity contribution in [2.45, 2.75) is 19.9 Å². The smallest absolute Gasteiger partial charge is 0.212 e. The molecule has 2 atom stereocenters. The second-order valence-corrected chi connectivity index (χ2v) is 7.36. The summed E-state index contributed by atoms with van der Waals surface area (Å²) in [4.78, 5) is 0. The van der Waals surface area contributed by atoms with Gasteiger partial charge in [-0.25, -0.2) is 13.1 Å². The van der Waals surface area contributed by atoms with Crippen molar-refractivity contribution >= 4 is 37.6 Å². The average Bonchev–Trinajstić information content (AvgIpc) is 2.27. The predicted molar refractivity (Wildman–Crippen MR) is 79.4 cm³/mol. The minimum absolute atomic E-state index is 0.0469. The fourth-order valence-electron chi connectivity index (χ4n) is 1.63. The summed E-state index contributed by atoms with van der Waals surface area (Å²) < 4.78 is 27.4. The topological polar surface area (TPSA) is 46.2 Å². The van der Waals surface area contributed by atoms with E-state index in [-0.39, 0.29) is 17.7 Å². The SMILES string of the molecule is CC(CCl)CS(=O)(=O)N[C@H](C)c1ccccc1Br. The normalized spacial score (nSPS) is 15.3. The number of halogens is 2. The molecule has 0 amide bonds. The van der Waals surface area contributed by atoms with Crippen LogP contribution in [0.15, 0.2) is 28.7 Å². The van der Waals surface area contributed by atoms with Crippen molar-refractivity contribution in [1.29, 1.82) is 0 Å². The summed E-state index contributed by atoms with van der Waals surface area (Å²) in [5.41, 5.74) is 0.916. The van der Waals surface area contributed by atoms with Gasteiger partial charge in [0, 0.05) is 16.4 Å². The first-order valence-corrected chi connectivity index (χ1v) is 8.64. The van der Waals surface area contributed by atoms with Crippen LogP contribution in [-0.2, 0) is 10.0 Å². The van der Waals surface area contributed by atoms with Gasteiger partial charge >= 0.3 is 0 Å². The largest absolute Gasteiger partial charge is 0.212 e. The molecule has 1 N–H and O–H groups in total. The monoisotopic (exact) mass is 353 g/mol. The average molecular weight is 355 g/mol. The lowest BCUT2D eigenvalue weighted by Crippen LogP contribution is -2.31. The van der Waals surface area contributed by atoms with Gasteiger partial charge in [-0.1, -0.05) is 41.1 Å². The number of benzene rings is 1. The van der Waals surface area contributed by atoms with Crippen molar-refractivity contribution in [3.63, 3.8) is 0 Å². The highest BCUT2D eigenvalue weighted by Gasteiger charge is 2.19. The summed E-state index contributed by atoms with van der Waals surface area (Å²) in [7, 11) is -3.31. The molecular weight excluding hydrogens is 338 g/mol. The summed E-state index contributed by atoms with van der Waals surface area (Å²) in [6.07, 6.45) is 0. The zero-order chi connectivity index (χ0) is 13.8. The Bertz CT molecular complexity index is 493. The van der Waals surface area contributed by atoms with Crippen LogP contribution in [0.2, 0.25) is 0 Å². The Morgan fingerprint density at radius 2 is 1.94 bits per heavy atom. The Morgan fingerprint density at radius 1 is 1.33 bits per heavy atom. The van der Waals surface area contributed by atoms with Crippen molar-refractivity contribution in [3.05, 3.63) is 34.3 Å². The third kappa shape index (κ3) is 4.88. The van der Waals surface area contributed by atoms with Crippen molar-refractivity contribution in [2.24, 2.45) is 5.92 Å². The number of hydrogen-bond donors (Lipinski definition) is 1. The van der Waals surface area contributed by atoms with Crippen LogP contribution in [0.3, 0.4) is 0 Å². The molecule has 1 rings (SSSR count). The minimum Gasteiger partial charge on any atom is -0.212 e. The number of nitrogens with one attached hydrogen (secondary N) is 1.